The molecule has 1 aliphatic carbocycles. The Morgan fingerprint density at radius 3 is 2.53 bits per heavy atom. The molecule has 1 aromatic heterocycles. The molecule has 0 saturated heterocycles. The molecule has 0 saturated carbocycles. The molecule has 2 heterocycles. The van der Waals surface area contributed by atoms with E-state index < -0.39 is 29.7 Å². The number of pyridine rings is 1. The van der Waals surface area contributed by atoms with Gasteiger partial charge in [-0.05, 0) is 57.0 Å². The van der Waals surface area contributed by atoms with Crippen molar-refractivity contribution in [1.29, 1.82) is 0 Å². The summed E-state index contributed by atoms with van der Waals surface area (Å²) in [7, 11) is 1.57. The fraction of sp³-hybridized carbons (Fsp3) is 0.357. The number of nitrogens with zero attached hydrogens (tertiary/aromatic N) is 1. The van der Waals surface area contributed by atoms with Gasteiger partial charge < -0.3 is 19.5 Å². The fourth-order valence-electron chi connectivity index (χ4n) is 5.04. The fourth-order valence-corrected chi connectivity index (χ4v) is 5.04. The van der Waals surface area contributed by atoms with E-state index in [1.807, 2.05) is 24.3 Å². The molecular formula is C28H30N2O6. The molecule has 3 atom stereocenters. The molecule has 8 nitrogen and oxygen atoms in total. The van der Waals surface area contributed by atoms with Gasteiger partial charge in [0.1, 0.15) is 11.7 Å². The monoisotopic (exact) mass is 490 g/mol. The van der Waals surface area contributed by atoms with Gasteiger partial charge in [0.2, 0.25) is 0 Å². The number of hydrogen-bond donors (Lipinski definition) is 1. The standard InChI is InChI=1S/C28H30N2O6/c1-5-35-27(32)22-16(3)30-21-15-19(17-10-9-11-18(14-17)34-4)23(28(33)36-6-2)26(31)25(21)24(22)20-12-7-8-13-29-20/h7-14,19,23-24,30H,5-6,15H2,1-4H3/t19-,23+,24+/m0/s1. The number of nitrogens with one attached hydrogen (secondary N) is 1. The maximum atomic E-state index is 14.2. The lowest BCUT2D eigenvalue weighted by atomic mass is 9.67. The van der Waals surface area contributed by atoms with Gasteiger partial charge in [-0.25, -0.2) is 4.79 Å². The number of esters is 2. The topological polar surface area (TPSA) is 104 Å². The van der Waals surface area contributed by atoms with Gasteiger partial charge >= 0.3 is 11.9 Å². The third-order valence-electron chi connectivity index (χ3n) is 6.56. The zero-order valence-electron chi connectivity index (χ0n) is 20.9. The summed E-state index contributed by atoms with van der Waals surface area (Å²) in [6, 6.07) is 12.7. The van der Waals surface area contributed by atoms with Crippen LogP contribution >= 0.6 is 0 Å². The Balaban J connectivity index is 1.88. The second-order valence-corrected chi connectivity index (χ2v) is 8.65. The molecule has 0 radical (unpaired) electrons. The van der Waals surface area contributed by atoms with Crippen molar-refractivity contribution < 1.29 is 28.6 Å². The van der Waals surface area contributed by atoms with Crippen LogP contribution in [-0.4, -0.2) is 43.0 Å². The van der Waals surface area contributed by atoms with Gasteiger partial charge in [0.15, 0.2) is 5.78 Å². The summed E-state index contributed by atoms with van der Waals surface area (Å²) in [6.45, 7) is 5.56. The van der Waals surface area contributed by atoms with Crippen LogP contribution in [0.25, 0.3) is 0 Å². The summed E-state index contributed by atoms with van der Waals surface area (Å²) in [5.41, 5.74) is 3.24. The number of ether oxygens (including phenoxy) is 3. The molecule has 2 aliphatic rings. The number of rotatable bonds is 7. The maximum absolute atomic E-state index is 14.2. The minimum Gasteiger partial charge on any atom is -0.497 e. The predicted molar refractivity (Wildman–Crippen MR) is 132 cm³/mol. The molecule has 1 N–H and O–H groups in total. The number of Topliss-reactive ketones (excluding diaryl/α,β-unsaturated/α-hetero) is 1. The number of aromatic nitrogens is 1. The predicted octanol–water partition coefficient (Wildman–Crippen LogP) is 3.80. The summed E-state index contributed by atoms with van der Waals surface area (Å²) in [5, 5.41) is 3.28. The lowest BCUT2D eigenvalue weighted by Gasteiger charge is -2.39. The Kier molecular flexibility index (Phi) is 7.52. The molecule has 0 unspecified atom stereocenters. The Morgan fingerprint density at radius 2 is 1.86 bits per heavy atom. The largest absolute Gasteiger partial charge is 0.497 e. The van der Waals surface area contributed by atoms with Crippen LogP contribution in [0.15, 0.2) is 71.2 Å². The molecule has 0 spiro atoms. The lowest BCUT2D eigenvalue weighted by Crippen LogP contribution is -2.43. The first kappa shape index (κ1) is 25.2. The van der Waals surface area contributed by atoms with Crippen LogP contribution < -0.4 is 10.1 Å². The van der Waals surface area contributed by atoms with Gasteiger partial charge in [-0.3, -0.25) is 14.6 Å². The zero-order valence-corrected chi connectivity index (χ0v) is 20.9. The van der Waals surface area contributed by atoms with E-state index in [0.29, 0.717) is 40.4 Å². The molecule has 0 fully saturated rings. The SMILES string of the molecule is CCOC(=O)C1=C(C)NC2=C(C(=O)[C@H](C(=O)OCC)[C@H](c3cccc(OC)c3)C2)[C@@H]1c1ccccn1. The van der Waals surface area contributed by atoms with Crippen molar-refractivity contribution >= 4 is 17.7 Å². The molecule has 2 aromatic rings. The first-order valence-corrected chi connectivity index (χ1v) is 12.0. The van der Waals surface area contributed by atoms with Gasteiger partial charge in [-0.2, -0.15) is 0 Å². The molecule has 188 valence electrons. The second kappa shape index (κ2) is 10.8. The van der Waals surface area contributed by atoms with E-state index >= 15 is 0 Å². The summed E-state index contributed by atoms with van der Waals surface area (Å²) in [6.07, 6.45) is 1.99. The minimum atomic E-state index is -1.08. The summed E-state index contributed by atoms with van der Waals surface area (Å²) < 4.78 is 16.1. The number of dihydropyridines is 1. The van der Waals surface area contributed by atoms with E-state index in [1.54, 1.807) is 52.3 Å². The van der Waals surface area contributed by atoms with Crippen LogP contribution in [0.2, 0.25) is 0 Å². The van der Waals surface area contributed by atoms with Crippen molar-refractivity contribution in [3.8, 4) is 5.75 Å². The van der Waals surface area contributed by atoms with E-state index in [1.165, 1.54) is 0 Å². The Hall–Kier alpha value is -3.94. The smallest absolute Gasteiger partial charge is 0.336 e. The van der Waals surface area contributed by atoms with Crippen molar-refractivity contribution in [3.05, 3.63) is 82.5 Å². The maximum Gasteiger partial charge on any atom is 0.336 e. The number of hydrogen-bond acceptors (Lipinski definition) is 8. The van der Waals surface area contributed by atoms with Crippen LogP contribution in [0, 0.1) is 5.92 Å². The highest BCUT2D eigenvalue weighted by molar-refractivity contribution is 6.13. The molecule has 8 heteroatoms. The van der Waals surface area contributed by atoms with E-state index in [-0.39, 0.29) is 19.0 Å². The van der Waals surface area contributed by atoms with Crippen LogP contribution in [0.5, 0.6) is 5.75 Å². The van der Waals surface area contributed by atoms with E-state index in [4.69, 9.17) is 14.2 Å². The highest BCUT2D eigenvalue weighted by Gasteiger charge is 2.49. The van der Waals surface area contributed by atoms with Gasteiger partial charge in [0.05, 0.1) is 37.5 Å². The van der Waals surface area contributed by atoms with Crippen LogP contribution in [0.1, 0.15) is 50.3 Å². The number of ketones is 1. The quantitative estimate of drug-likeness (QED) is 0.462. The molecule has 0 bridgehead atoms. The summed E-state index contributed by atoms with van der Waals surface area (Å²) in [4.78, 5) is 44.9. The second-order valence-electron chi connectivity index (χ2n) is 8.65. The van der Waals surface area contributed by atoms with Crippen LogP contribution in [0.4, 0.5) is 0 Å². The third kappa shape index (κ3) is 4.63. The van der Waals surface area contributed by atoms with Gasteiger partial charge in [0.25, 0.3) is 0 Å². The van der Waals surface area contributed by atoms with Gasteiger partial charge in [-0.1, -0.05) is 18.2 Å². The Morgan fingerprint density at radius 1 is 1.08 bits per heavy atom. The molecule has 36 heavy (non-hydrogen) atoms. The first-order valence-electron chi connectivity index (χ1n) is 12.0. The summed E-state index contributed by atoms with van der Waals surface area (Å²) >= 11 is 0. The van der Waals surface area contributed by atoms with Crippen molar-refractivity contribution in [2.45, 2.75) is 39.0 Å². The normalized spacial score (nSPS) is 21.4. The van der Waals surface area contributed by atoms with Crippen molar-refractivity contribution in [3.63, 3.8) is 0 Å². The molecule has 1 aromatic carbocycles. The highest BCUT2D eigenvalue weighted by atomic mass is 16.5. The number of allylic oxidation sites excluding steroid dienone is 3. The highest BCUT2D eigenvalue weighted by Crippen LogP contribution is 2.48. The summed E-state index contributed by atoms with van der Waals surface area (Å²) in [5.74, 6) is -3.20. The van der Waals surface area contributed by atoms with Crippen LogP contribution in [0.3, 0.4) is 0 Å². The third-order valence-corrected chi connectivity index (χ3v) is 6.56. The van der Waals surface area contributed by atoms with E-state index in [2.05, 4.69) is 10.3 Å². The van der Waals surface area contributed by atoms with Gasteiger partial charge in [0, 0.05) is 29.1 Å². The number of benzene rings is 1. The number of methoxy groups -OCH3 is 1. The molecular weight excluding hydrogens is 460 g/mol. The number of carbonyl (C=O) groups excluding carboxylic acids is 3. The Bertz CT molecular complexity index is 1230. The molecule has 0 amide bonds. The first-order chi connectivity index (χ1) is 17.4. The van der Waals surface area contributed by atoms with Crippen molar-refractivity contribution in [2.75, 3.05) is 20.3 Å². The van der Waals surface area contributed by atoms with Crippen LogP contribution in [-0.2, 0) is 23.9 Å². The van der Waals surface area contributed by atoms with E-state index in [0.717, 1.165) is 5.56 Å². The molecule has 1 aliphatic heterocycles. The van der Waals surface area contributed by atoms with Crippen molar-refractivity contribution in [1.82, 2.24) is 10.3 Å². The minimum absolute atomic E-state index is 0.147. The number of carbonyl (C=O) groups is 3. The lowest BCUT2D eigenvalue weighted by molar-refractivity contribution is -0.152. The van der Waals surface area contributed by atoms with E-state index in [9.17, 15) is 14.4 Å². The average molecular weight is 491 g/mol. The zero-order chi connectivity index (χ0) is 25.8. The average Bonchev–Trinajstić information content (AvgIpc) is 2.88. The Labute approximate surface area is 210 Å². The van der Waals surface area contributed by atoms with Crippen molar-refractivity contribution in [2.24, 2.45) is 5.92 Å². The van der Waals surface area contributed by atoms with Gasteiger partial charge in [-0.15, -0.1) is 0 Å². The molecule has 4 rings (SSSR count).